The van der Waals surface area contributed by atoms with Crippen molar-refractivity contribution >= 4 is 67.8 Å². The average Bonchev–Trinajstić information content (AvgIpc) is 3.41. The normalized spacial score (nSPS) is 10.9. The number of nitrogen functional groups attached to an aromatic ring is 2. The van der Waals surface area contributed by atoms with Gasteiger partial charge in [-0.3, -0.25) is 9.97 Å². The molecule has 0 spiro atoms. The minimum atomic E-state index is 0.537. The van der Waals surface area contributed by atoms with E-state index in [1.165, 1.54) is 0 Å². The highest BCUT2D eigenvalue weighted by molar-refractivity contribution is 7.18. The minimum absolute atomic E-state index is 0.537. The van der Waals surface area contributed by atoms with Crippen LogP contribution in [0.3, 0.4) is 0 Å². The first-order valence-electron chi connectivity index (χ1n) is 12.0. The third kappa shape index (κ3) is 4.33. The van der Waals surface area contributed by atoms with Crippen molar-refractivity contribution in [3.05, 3.63) is 109 Å². The molecule has 0 amide bonds. The molecular formula is C31H22BN5S. The summed E-state index contributed by atoms with van der Waals surface area (Å²) in [5.74, 6) is 0.537. The number of nitrogens with two attached hydrogens (primary N) is 2. The summed E-state index contributed by atoms with van der Waals surface area (Å²) in [6.45, 7) is 0. The van der Waals surface area contributed by atoms with Crippen molar-refractivity contribution in [2.45, 2.75) is 0 Å². The smallest absolute Gasteiger partial charge is 0.132 e. The SMILES string of the molecule is Nc1ccc(-c2csc3c(-c4cncc5ccccc45)cnc(N)c23)cc1.[B]c1cncc2ccccc12. The van der Waals surface area contributed by atoms with Crippen LogP contribution in [0.4, 0.5) is 11.5 Å². The van der Waals surface area contributed by atoms with E-state index in [1.807, 2.05) is 85.5 Å². The van der Waals surface area contributed by atoms with Gasteiger partial charge in [0.15, 0.2) is 0 Å². The molecule has 0 aliphatic rings. The molecule has 38 heavy (non-hydrogen) atoms. The molecule has 0 bridgehead atoms. The molecule has 2 radical (unpaired) electrons. The van der Waals surface area contributed by atoms with Crippen LogP contribution in [0.15, 0.2) is 109 Å². The predicted molar refractivity (Wildman–Crippen MR) is 162 cm³/mol. The molecule has 7 heteroatoms. The zero-order valence-electron chi connectivity index (χ0n) is 20.4. The van der Waals surface area contributed by atoms with Crippen LogP contribution >= 0.6 is 11.3 Å². The summed E-state index contributed by atoms with van der Waals surface area (Å²) in [6, 6.07) is 24.0. The third-order valence-electron chi connectivity index (χ3n) is 6.50. The molecule has 0 aliphatic heterocycles. The van der Waals surface area contributed by atoms with Crippen molar-refractivity contribution in [1.82, 2.24) is 15.0 Å². The Bertz CT molecular complexity index is 1900. The summed E-state index contributed by atoms with van der Waals surface area (Å²) < 4.78 is 1.12. The molecule has 0 atom stereocenters. The van der Waals surface area contributed by atoms with Gasteiger partial charge in [0, 0.05) is 68.8 Å². The van der Waals surface area contributed by atoms with Gasteiger partial charge in [0.05, 0.1) is 0 Å². The van der Waals surface area contributed by atoms with Gasteiger partial charge in [-0.2, -0.15) is 0 Å². The molecule has 0 aliphatic carbocycles. The predicted octanol–water partition coefficient (Wildman–Crippen LogP) is 6.37. The quantitative estimate of drug-likeness (QED) is 0.210. The van der Waals surface area contributed by atoms with Crippen molar-refractivity contribution < 1.29 is 0 Å². The fourth-order valence-electron chi connectivity index (χ4n) is 4.61. The van der Waals surface area contributed by atoms with Crippen molar-refractivity contribution in [3.63, 3.8) is 0 Å². The molecular weight excluding hydrogens is 485 g/mol. The van der Waals surface area contributed by atoms with Crippen LogP contribution in [0.25, 0.3) is 53.9 Å². The fraction of sp³-hybridized carbons (Fsp3) is 0. The Kier molecular flexibility index (Phi) is 6.19. The number of benzene rings is 3. The van der Waals surface area contributed by atoms with Gasteiger partial charge in [-0.25, -0.2) is 4.98 Å². The van der Waals surface area contributed by atoms with E-state index in [2.05, 4.69) is 32.5 Å². The molecule has 7 aromatic rings. The van der Waals surface area contributed by atoms with Gasteiger partial charge in [-0.1, -0.05) is 66.1 Å². The molecule has 5 nitrogen and oxygen atoms in total. The average molecular weight is 507 g/mol. The molecule has 4 heterocycles. The molecule has 0 saturated carbocycles. The summed E-state index contributed by atoms with van der Waals surface area (Å²) >= 11 is 1.68. The maximum absolute atomic E-state index is 6.28. The summed E-state index contributed by atoms with van der Waals surface area (Å²) in [7, 11) is 5.69. The number of thiophene rings is 1. The standard InChI is InChI=1S/C22H16N4S.C9H6BN/c23-15-7-5-13(6-8-15)19-12-27-21-18(11-26-22(24)20(19)21)17-10-25-9-14-3-1-2-4-16(14)17;10-9-6-11-5-7-3-1-2-4-8(7)9/h1-12H,23H2,(H2,24,26);1-6H. The van der Waals surface area contributed by atoms with E-state index in [0.717, 1.165) is 65.0 Å². The molecule has 0 saturated heterocycles. The van der Waals surface area contributed by atoms with Crippen molar-refractivity contribution in [2.24, 2.45) is 0 Å². The molecule has 0 fully saturated rings. The largest absolute Gasteiger partial charge is 0.399 e. The summed E-state index contributed by atoms with van der Waals surface area (Å²) in [5.41, 5.74) is 17.9. The third-order valence-corrected chi connectivity index (χ3v) is 7.52. The lowest BCUT2D eigenvalue weighted by molar-refractivity contribution is 1.34. The van der Waals surface area contributed by atoms with Crippen LogP contribution in [0.2, 0.25) is 0 Å². The van der Waals surface area contributed by atoms with Crippen molar-refractivity contribution in [2.75, 3.05) is 11.5 Å². The Balaban J connectivity index is 0.000000200. The summed E-state index contributed by atoms with van der Waals surface area (Å²) in [6.07, 6.45) is 9.12. The Morgan fingerprint density at radius 1 is 0.632 bits per heavy atom. The molecule has 7 rings (SSSR count). The molecule has 3 aromatic carbocycles. The summed E-state index contributed by atoms with van der Waals surface area (Å²) in [4.78, 5) is 12.9. The van der Waals surface area contributed by atoms with Crippen molar-refractivity contribution in [1.29, 1.82) is 0 Å². The highest BCUT2D eigenvalue weighted by Gasteiger charge is 2.16. The Hall–Kier alpha value is -4.75. The first-order chi connectivity index (χ1) is 18.6. The lowest BCUT2D eigenvalue weighted by atomic mass is 9.93. The highest BCUT2D eigenvalue weighted by Crippen LogP contribution is 2.43. The van der Waals surface area contributed by atoms with Crippen LogP contribution in [0, 0.1) is 0 Å². The number of aromatic nitrogens is 3. The first kappa shape index (κ1) is 23.6. The van der Waals surface area contributed by atoms with Crippen LogP contribution in [-0.2, 0) is 0 Å². The number of pyridine rings is 3. The maximum atomic E-state index is 6.28. The van der Waals surface area contributed by atoms with Crippen LogP contribution in [0.5, 0.6) is 0 Å². The van der Waals surface area contributed by atoms with Gasteiger partial charge < -0.3 is 11.5 Å². The molecule has 0 unspecified atom stereocenters. The molecule has 4 aromatic heterocycles. The Labute approximate surface area is 225 Å². The molecule has 180 valence electrons. The van der Waals surface area contributed by atoms with E-state index in [0.29, 0.717) is 5.82 Å². The number of hydrogen-bond donors (Lipinski definition) is 2. The van der Waals surface area contributed by atoms with E-state index in [4.69, 9.17) is 19.3 Å². The number of nitrogens with zero attached hydrogens (tertiary/aromatic N) is 3. The van der Waals surface area contributed by atoms with E-state index in [-0.39, 0.29) is 0 Å². The number of hydrogen-bond acceptors (Lipinski definition) is 6. The van der Waals surface area contributed by atoms with Gasteiger partial charge in [-0.05, 0) is 39.2 Å². The maximum Gasteiger partial charge on any atom is 0.132 e. The van der Waals surface area contributed by atoms with Crippen molar-refractivity contribution in [3.8, 4) is 22.3 Å². The van der Waals surface area contributed by atoms with Gasteiger partial charge in [0.1, 0.15) is 13.7 Å². The van der Waals surface area contributed by atoms with E-state index in [1.54, 1.807) is 17.5 Å². The topological polar surface area (TPSA) is 90.7 Å². The lowest BCUT2D eigenvalue weighted by Crippen LogP contribution is -2.03. The number of rotatable bonds is 2. The lowest BCUT2D eigenvalue weighted by Gasteiger charge is -2.09. The Morgan fingerprint density at radius 2 is 1.29 bits per heavy atom. The number of anilines is 2. The van der Waals surface area contributed by atoms with Gasteiger partial charge in [0.25, 0.3) is 0 Å². The minimum Gasteiger partial charge on any atom is -0.399 e. The number of fused-ring (bicyclic) bond motifs is 3. The highest BCUT2D eigenvalue weighted by atomic mass is 32.1. The van der Waals surface area contributed by atoms with E-state index >= 15 is 0 Å². The van der Waals surface area contributed by atoms with Crippen LogP contribution < -0.4 is 16.9 Å². The van der Waals surface area contributed by atoms with E-state index in [9.17, 15) is 0 Å². The second kappa shape index (κ2) is 9.96. The van der Waals surface area contributed by atoms with Crippen LogP contribution in [0.1, 0.15) is 0 Å². The Morgan fingerprint density at radius 3 is 2.03 bits per heavy atom. The molecule has 4 N–H and O–H groups in total. The van der Waals surface area contributed by atoms with Gasteiger partial charge in [0.2, 0.25) is 0 Å². The first-order valence-corrected chi connectivity index (χ1v) is 12.9. The second-order valence-electron chi connectivity index (χ2n) is 8.89. The monoisotopic (exact) mass is 507 g/mol. The van der Waals surface area contributed by atoms with Crippen LogP contribution in [-0.4, -0.2) is 22.8 Å². The fourth-order valence-corrected chi connectivity index (χ4v) is 5.72. The summed E-state index contributed by atoms with van der Waals surface area (Å²) in [5, 5.41) is 7.54. The zero-order valence-corrected chi connectivity index (χ0v) is 21.2. The van der Waals surface area contributed by atoms with E-state index < -0.39 is 0 Å². The second-order valence-corrected chi connectivity index (χ2v) is 9.77. The van der Waals surface area contributed by atoms with Gasteiger partial charge in [-0.15, -0.1) is 11.3 Å². The zero-order chi connectivity index (χ0) is 26.1. The van der Waals surface area contributed by atoms with Gasteiger partial charge >= 0.3 is 0 Å².